The molecule has 1 aliphatic rings. The Balaban J connectivity index is 2.41. The third-order valence-corrected chi connectivity index (χ3v) is 3.67. The van der Waals surface area contributed by atoms with Crippen LogP contribution in [0.25, 0.3) is 0 Å². The molecule has 3 nitrogen and oxygen atoms in total. The molecule has 0 spiro atoms. The van der Waals surface area contributed by atoms with Crippen molar-refractivity contribution in [2.45, 2.75) is 64.5 Å². The fourth-order valence-corrected chi connectivity index (χ4v) is 2.58. The molecule has 0 aromatic carbocycles. The summed E-state index contributed by atoms with van der Waals surface area (Å²) < 4.78 is 4.83. The standard InChI is InChI=1S/C13H25NO2/c1-4-11(5-2)14-12-8-6-7-10(9-12)13(15)16-3/h10-12,14H,4-9H2,1-3H3. The van der Waals surface area contributed by atoms with Gasteiger partial charge in [-0.25, -0.2) is 0 Å². The summed E-state index contributed by atoms with van der Waals surface area (Å²) in [5, 5.41) is 3.66. The highest BCUT2D eigenvalue weighted by molar-refractivity contribution is 5.72. The Hall–Kier alpha value is -0.570. The summed E-state index contributed by atoms with van der Waals surface area (Å²) in [6.45, 7) is 4.42. The molecule has 0 aromatic rings. The van der Waals surface area contributed by atoms with Crippen LogP contribution in [0.4, 0.5) is 0 Å². The maximum atomic E-state index is 11.5. The molecule has 94 valence electrons. The van der Waals surface area contributed by atoms with Gasteiger partial charge in [-0.15, -0.1) is 0 Å². The van der Waals surface area contributed by atoms with E-state index in [9.17, 15) is 4.79 Å². The van der Waals surface area contributed by atoms with E-state index in [0.717, 1.165) is 32.1 Å². The lowest BCUT2D eigenvalue weighted by molar-refractivity contribution is -0.146. The summed E-state index contributed by atoms with van der Waals surface area (Å²) in [5.41, 5.74) is 0. The zero-order chi connectivity index (χ0) is 12.0. The Morgan fingerprint density at radius 3 is 2.62 bits per heavy atom. The van der Waals surface area contributed by atoms with Crippen LogP contribution in [0.5, 0.6) is 0 Å². The van der Waals surface area contributed by atoms with E-state index in [0.29, 0.717) is 12.1 Å². The summed E-state index contributed by atoms with van der Waals surface area (Å²) >= 11 is 0. The van der Waals surface area contributed by atoms with Gasteiger partial charge >= 0.3 is 5.97 Å². The van der Waals surface area contributed by atoms with Crippen LogP contribution in [0.3, 0.4) is 0 Å². The lowest BCUT2D eigenvalue weighted by Gasteiger charge is -2.31. The molecule has 0 radical (unpaired) electrons. The van der Waals surface area contributed by atoms with Crippen LogP contribution in [0, 0.1) is 5.92 Å². The van der Waals surface area contributed by atoms with Gasteiger partial charge in [-0.1, -0.05) is 20.3 Å². The van der Waals surface area contributed by atoms with E-state index in [-0.39, 0.29) is 11.9 Å². The number of hydrogen-bond donors (Lipinski definition) is 1. The minimum Gasteiger partial charge on any atom is -0.469 e. The Kier molecular flexibility index (Phi) is 5.81. The van der Waals surface area contributed by atoms with Gasteiger partial charge in [0.1, 0.15) is 0 Å². The molecule has 3 heteroatoms. The Bertz CT molecular complexity index is 214. The maximum absolute atomic E-state index is 11.5. The number of methoxy groups -OCH3 is 1. The Morgan fingerprint density at radius 1 is 1.38 bits per heavy atom. The molecule has 1 aliphatic carbocycles. The van der Waals surface area contributed by atoms with Crippen molar-refractivity contribution in [3.8, 4) is 0 Å². The second-order valence-electron chi connectivity index (χ2n) is 4.76. The summed E-state index contributed by atoms with van der Waals surface area (Å²) in [6, 6.07) is 1.10. The smallest absolute Gasteiger partial charge is 0.308 e. The molecule has 2 unspecified atom stereocenters. The highest BCUT2D eigenvalue weighted by Crippen LogP contribution is 2.25. The van der Waals surface area contributed by atoms with Gasteiger partial charge in [0.25, 0.3) is 0 Å². The van der Waals surface area contributed by atoms with Crippen LogP contribution in [0.2, 0.25) is 0 Å². The molecule has 1 N–H and O–H groups in total. The van der Waals surface area contributed by atoms with Crippen LogP contribution in [0.15, 0.2) is 0 Å². The second-order valence-corrected chi connectivity index (χ2v) is 4.76. The topological polar surface area (TPSA) is 38.3 Å². The Labute approximate surface area is 98.9 Å². The van der Waals surface area contributed by atoms with Gasteiger partial charge in [-0.2, -0.15) is 0 Å². The van der Waals surface area contributed by atoms with Crippen molar-refractivity contribution >= 4 is 5.97 Å². The molecule has 2 atom stereocenters. The van der Waals surface area contributed by atoms with Crippen molar-refractivity contribution in [3.05, 3.63) is 0 Å². The van der Waals surface area contributed by atoms with Gasteiger partial charge in [0.15, 0.2) is 0 Å². The average Bonchev–Trinajstić information content (AvgIpc) is 2.35. The molecular formula is C13H25NO2. The average molecular weight is 227 g/mol. The van der Waals surface area contributed by atoms with Crippen molar-refractivity contribution in [1.82, 2.24) is 5.32 Å². The molecule has 0 amide bonds. The van der Waals surface area contributed by atoms with E-state index in [1.165, 1.54) is 13.5 Å². The highest BCUT2D eigenvalue weighted by Gasteiger charge is 2.28. The summed E-state index contributed by atoms with van der Waals surface area (Å²) in [4.78, 5) is 11.5. The molecule has 1 rings (SSSR count). The van der Waals surface area contributed by atoms with Gasteiger partial charge in [0.2, 0.25) is 0 Å². The molecule has 0 bridgehead atoms. The lowest BCUT2D eigenvalue weighted by atomic mass is 9.85. The van der Waals surface area contributed by atoms with Gasteiger partial charge in [0, 0.05) is 12.1 Å². The zero-order valence-electron chi connectivity index (χ0n) is 10.8. The number of carbonyl (C=O) groups excluding carboxylic acids is 1. The molecule has 1 fully saturated rings. The summed E-state index contributed by atoms with van der Waals surface area (Å²) in [6.07, 6.45) is 6.60. The van der Waals surface area contributed by atoms with Crippen LogP contribution >= 0.6 is 0 Å². The molecule has 1 saturated carbocycles. The molecule has 0 aliphatic heterocycles. The number of esters is 1. The van der Waals surface area contributed by atoms with Crippen LogP contribution < -0.4 is 5.32 Å². The van der Waals surface area contributed by atoms with Gasteiger partial charge in [-0.05, 0) is 32.1 Å². The zero-order valence-corrected chi connectivity index (χ0v) is 10.8. The third kappa shape index (κ3) is 3.78. The van der Waals surface area contributed by atoms with E-state index in [4.69, 9.17) is 4.74 Å². The minimum atomic E-state index is -0.0314. The fourth-order valence-electron chi connectivity index (χ4n) is 2.58. The van der Waals surface area contributed by atoms with Crippen molar-refractivity contribution in [2.75, 3.05) is 7.11 Å². The van der Waals surface area contributed by atoms with Crippen molar-refractivity contribution in [2.24, 2.45) is 5.92 Å². The lowest BCUT2D eigenvalue weighted by Crippen LogP contribution is -2.42. The maximum Gasteiger partial charge on any atom is 0.308 e. The number of ether oxygens (including phenoxy) is 1. The minimum absolute atomic E-state index is 0.0314. The molecule has 0 heterocycles. The first-order valence-corrected chi connectivity index (χ1v) is 6.55. The van der Waals surface area contributed by atoms with Crippen LogP contribution in [-0.2, 0) is 9.53 Å². The summed E-state index contributed by atoms with van der Waals surface area (Å²) in [5.74, 6) is 0.0849. The second kappa shape index (κ2) is 6.89. The normalized spacial score (nSPS) is 25.8. The van der Waals surface area contributed by atoms with Crippen LogP contribution in [-0.4, -0.2) is 25.2 Å². The Morgan fingerprint density at radius 2 is 2.06 bits per heavy atom. The molecule has 0 aromatic heterocycles. The SMILES string of the molecule is CCC(CC)NC1CCCC(C(=O)OC)C1. The van der Waals surface area contributed by atoms with Crippen molar-refractivity contribution < 1.29 is 9.53 Å². The van der Waals surface area contributed by atoms with E-state index in [2.05, 4.69) is 19.2 Å². The van der Waals surface area contributed by atoms with E-state index in [1.807, 2.05) is 0 Å². The number of nitrogens with one attached hydrogen (secondary N) is 1. The predicted molar refractivity (Wildman–Crippen MR) is 65.3 cm³/mol. The van der Waals surface area contributed by atoms with Crippen molar-refractivity contribution in [3.63, 3.8) is 0 Å². The van der Waals surface area contributed by atoms with Crippen LogP contribution in [0.1, 0.15) is 52.4 Å². The van der Waals surface area contributed by atoms with Crippen molar-refractivity contribution in [1.29, 1.82) is 0 Å². The highest BCUT2D eigenvalue weighted by atomic mass is 16.5. The first kappa shape index (κ1) is 13.5. The number of hydrogen-bond acceptors (Lipinski definition) is 3. The van der Waals surface area contributed by atoms with Gasteiger partial charge in [0.05, 0.1) is 13.0 Å². The van der Waals surface area contributed by atoms with E-state index < -0.39 is 0 Å². The first-order chi connectivity index (χ1) is 7.71. The first-order valence-electron chi connectivity index (χ1n) is 6.55. The monoisotopic (exact) mass is 227 g/mol. The largest absolute Gasteiger partial charge is 0.469 e. The molecule has 16 heavy (non-hydrogen) atoms. The van der Waals surface area contributed by atoms with Gasteiger partial charge < -0.3 is 10.1 Å². The number of rotatable bonds is 5. The van der Waals surface area contributed by atoms with E-state index in [1.54, 1.807) is 0 Å². The summed E-state index contributed by atoms with van der Waals surface area (Å²) in [7, 11) is 1.49. The molecular weight excluding hydrogens is 202 g/mol. The third-order valence-electron chi connectivity index (χ3n) is 3.67. The van der Waals surface area contributed by atoms with Gasteiger partial charge in [-0.3, -0.25) is 4.79 Å². The molecule has 0 saturated heterocycles. The number of carbonyl (C=O) groups is 1. The quantitative estimate of drug-likeness (QED) is 0.733. The van der Waals surface area contributed by atoms with E-state index >= 15 is 0 Å². The fraction of sp³-hybridized carbons (Fsp3) is 0.923. The predicted octanol–water partition coefficient (Wildman–Crippen LogP) is 2.50.